The Morgan fingerprint density at radius 1 is 1.25 bits per heavy atom. The van der Waals surface area contributed by atoms with E-state index >= 15 is 0 Å². The van der Waals surface area contributed by atoms with Crippen LogP contribution >= 0.6 is 0 Å². The maximum atomic E-state index is 12.0. The van der Waals surface area contributed by atoms with Crippen molar-refractivity contribution in [3.05, 3.63) is 29.8 Å². The number of carbonyl (C=O) groups is 2. The first-order valence-corrected chi connectivity index (χ1v) is 6.53. The van der Waals surface area contributed by atoms with Gasteiger partial charge in [0.15, 0.2) is 0 Å². The van der Waals surface area contributed by atoms with Crippen LogP contribution in [-0.4, -0.2) is 62.1 Å². The molecule has 0 spiro atoms. The van der Waals surface area contributed by atoms with Crippen LogP contribution in [-0.2, 0) is 4.74 Å². The maximum absolute atomic E-state index is 12.0. The molecule has 6 heteroatoms. The third kappa shape index (κ3) is 3.48. The lowest BCUT2D eigenvalue weighted by Crippen LogP contribution is -2.43. The van der Waals surface area contributed by atoms with Gasteiger partial charge in [0.2, 0.25) is 0 Å². The number of anilines is 1. The predicted octanol–water partition coefficient (Wildman–Crippen LogP) is 1.25. The molecule has 1 heterocycles. The largest absolute Gasteiger partial charge is 0.378 e. The molecule has 0 saturated carbocycles. The van der Waals surface area contributed by atoms with Crippen LogP contribution < -0.4 is 5.32 Å². The monoisotopic (exact) mass is 277 g/mol. The minimum Gasteiger partial charge on any atom is -0.378 e. The van der Waals surface area contributed by atoms with Crippen LogP contribution in [0.2, 0.25) is 0 Å². The molecule has 0 aromatic heterocycles. The summed E-state index contributed by atoms with van der Waals surface area (Å²) in [5.74, 6) is -0.0903. The fraction of sp³-hybridized carbons (Fsp3) is 0.429. The molecule has 1 fully saturated rings. The molecule has 1 aliphatic heterocycles. The van der Waals surface area contributed by atoms with Crippen molar-refractivity contribution in [2.24, 2.45) is 0 Å². The molecule has 1 N–H and O–H groups in total. The van der Waals surface area contributed by atoms with Crippen molar-refractivity contribution in [3.8, 4) is 0 Å². The van der Waals surface area contributed by atoms with Crippen molar-refractivity contribution in [1.82, 2.24) is 9.80 Å². The second-order valence-electron chi connectivity index (χ2n) is 4.81. The predicted molar refractivity (Wildman–Crippen MR) is 75.9 cm³/mol. The van der Waals surface area contributed by atoms with Gasteiger partial charge in [0.25, 0.3) is 5.91 Å². The van der Waals surface area contributed by atoms with Gasteiger partial charge in [-0.2, -0.15) is 0 Å². The topological polar surface area (TPSA) is 61.9 Å². The van der Waals surface area contributed by atoms with E-state index in [-0.39, 0.29) is 11.9 Å². The van der Waals surface area contributed by atoms with Crippen LogP contribution in [0.4, 0.5) is 10.5 Å². The number of rotatable bonds is 2. The third-order valence-corrected chi connectivity index (χ3v) is 3.07. The first-order valence-electron chi connectivity index (χ1n) is 6.53. The van der Waals surface area contributed by atoms with Crippen LogP contribution in [0.25, 0.3) is 0 Å². The second-order valence-corrected chi connectivity index (χ2v) is 4.81. The Morgan fingerprint density at radius 3 is 2.60 bits per heavy atom. The molecule has 6 nitrogen and oxygen atoms in total. The Hall–Kier alpha value is -2.08. The molecule has 0 atom stereocenters. The molecule has 3 amide bonds. The van der Waals surface area contributed by atoms with E-state index < -0.39 is 0 Å². The van der Waals surface area contributed by atoms with E-state index in [1.807, 2.05) is 0 Å². The summed E-state index contributed by atoms with van der Waals surface area (Å²) < 4.78 is 5.21. The summed E-state index contributed by atoms with van der Waals surface area (Å²) in [5, 5.41) is 2.81. The highest BCUT2D eigenvalue weighted by molar-refractivity contribution is 5.96. The highest BCUT2D eigenvalue weighted by Gasteiger charge is 2.17. The van der Waals surface area contributed by atoms with E-state index in [0.29, 0.717) is 37.6 Å². The Labute approximate surface area is 118 Å². The molecule has 0 unspecified atom stereocenters. The van der Waals surface area contributed by atoms with Gasteiger partial charge in [-0.05, 0) is 18.2 Å². The molecule has 1 saturated heterocycles. The third-order valence-electron chi connectivity index (χ3n) is 3.07. The zero-order valence-corrected chi connectivity index (χ0v) is 11.8. The number of ether oxygens (including phenoxy) is 1. The van der Waals surface area contributed by atoms with E-state index in [2.05, 4.69) is 5.32 Å². The summed E-state index contributed by atoms with van der Waals surface area (Å²) in [7, 11) is 3.39. The lowest BCUT2D eigenvalue weighted by atomic mass is 10.2. The number of urea groups is 1. The fourth-order valence-corrected chi connectivity index (χ4v) is 1.96. The lowest BCUT2D eigenvalue weighted by molar-refractivity contribution is 0.0564. The van der Waals surface area contributed by atoms with Crippen LogP contribution in [0.3, 0.4) is 0 Å². The molecule has 0 aliphatic carbocycles. The van der Waals surface area contributed by atoms with Crippen molar-refractivity contribution in [1.29, 1.82) is 0 Å². The average molecular weight is 277 g/mol. The van der Waals surface area contributed by atoms with Crippen molar-refractivity contribution < 1.29 is 14.3 Å². The number of amides is 3. The molecule has 2 rings (SSSR count). The Kier molecular flexibility index (Phi) is 4.57. The Morgan fingerprint density at radius 2 is 1.95 bits per heavy atom. The Balaban J connectivity index is 2.04. The van der Waals surface area contributed by atoms with Crippen LogP contribution in [0.1, 0.15) is 10.4 Å². The van der Waals surface area contributed by atoms with Gasteiger partial charge < -0.3 is 19.9 Å². The minimum absolute atomic E-state index is 0.0903. The van der Waals surface area contributed by atoms with Gasteiger partial charge in [-0.1, -0.05) is 6.07 Å². The van der Waals surface area contributed by atoms with Crippen LogP contribution in [0, 0.1) is 0 Å². The molecule has 108 valence electrons. The highest BCUT2D eigenvalue weighted by Crippen LogP contribution is 2.13. The van der Waals surface area contributed by atoms with E-state index in [1.165, 1.54) is 4.90 Å². The molecule has 1 aromatic carbocycles. The van der Waals surface area contributed by atoms with Crippen molar-refractivity contribution >= 4 is 17.6 Å². The van der Waals surface area contributed by atoms with Gasteiger partial charge in [-0.25, -0.2) is 4.79 Å². The smallest absolute Gasteiger partial charge is 0.321 e. The average Bonchev–Trinajstić information content (AvgIpc) is 2.47. The van der Waals surface area contributed by atoms with Crippen molar-refractivity contribution in [2.45, 2.75) is 0 Å². The Bertz CT molecular complexity index is 496. The van der Waals surface area contributed by atoms with Gasteiger partial charge in [0, 0.05) is 38.4 Å². The van der Waals surface area contributed by atoms with Gasteiger partial charge in [0.1, 0.15) is 0 Å². The van der Waals surface area contributed by atoms with Crippen LogP contribution in [0.15, 0.2) is 24.3 Å². The van der Waals surface area contributed by atoms with E-state index in [9.17, 15) is 9.59 Å². The quantitative estimate of drug-likeness (QED) is 0.885. The SMILES string of the molecule is CN(C)C(=O)c1cccc(NC(=O)N2CCOCC2)c1. The molecular weight excluding hydrogens is 258 g/mol. The first kappa shape index (κ1) is 14.3. The molecule has 1 aromatic rings. The summed E-state index contributed by atoms with van der Waals surface area (Å²) in [6.45, 7) is 2.30. The maximum Gasteiger partial charge on any atom is 0.321 e. The van der Waals surface area contributed by atoms with E-state index in [4.69, 9.17) is 4.74 Å². The summed E-state index contributed by atoms with van der Waals surface area (Å²) >= 11 is 0. The fourth-order valence-electron chi connectivity index (χ4n) is 1.96. The standard InChI is InChI=1S/C14H19N3O3/c1-16(2)13(18)11-4-3-5-12(10-11)15-14(19)17-6-8-20-9-7-17/h3-5,10H,6-9H2,1-2H3,(H,15,19). The number of carbonyl (C=O) groups excluding carboxylic acids is 2. The van der Waals surface area contributed by atoms with Gasteiger partial charge in [-0.3, -0.25) is 4.79 Å². The van der Waals surface area contributed by atoms with Crippen molar-refractivity contribution in [2.75, 3.05) is 45.7 Å². The van der Waals surface area contributed by atoms with Crippen molar-refractivity contribution in [3.63, 3.8) is 0 Å². The number of nitrogens with one attached hydrogen (secondary N) is 1. The molecule has 1 aliphatic rings. The molecule has 0 radical (unpaired) electrons. The zero-order valence-electron chi connectivity index (χ0n) is 11.8. The molecule has 0 bridgehead atoms. The van der Waals surface area contributed by atoms with Gasteiger partial charge in [-0.15, -0.1) is 0 Å². The van der Waals surface area contributed by atoms with E-state index in [0.717, 1.165) is 0 Å². The summed E-state index contributed by atoms with van der Waals surface area (Å²) in [6.07, 6.45) is 0. The zero-order chi connectivity index (χ0) is 14.5. The first-order chi connectivity index (χ1) is 9.58. The highest BCUT2D eigenvalue weighted by atomic mass is 16.5. The van der Waals surface area contributed by atoms with Crippen LogP contribution in [0.5, 0.6) is 0 Å². The number of hydrogen-bond acceptors (Lipinski definition) is 3. The number of morpholine rings is 1. The molecule has 20 heavy (non-hydrogen) atoms. The summed E-state index contributed by atoms with van der Waals surface area (Å²) in [4.78, 5) is 27.1. The molecular formula is C14H19N3O3. The van der Waals surface area contributed by atoms with E-state index in [1.54, 1.807) is 43.3 Å². The number of nitrogens with zero attached hydrogens (tertiary/aromatic N) is 2. The second kappa shape index (κ2) is 6.38. The minimum atomic E-state index is -0.164. The summed E-state index contributed by atoms with van der Waals surface area (Å²) in [5.41, 5.74) is 1.17. The summed E-state index contributed by atoms with van der Waals surface area (Å²) in [6, 6.07) is 6.77. The number of benzene rings is 1. The normalized spacial score (nSPS) is 14.8. The van der Waals surface area contributed by atoms with Gasteiger partial charge >= 0.3 is 6.03 Å². The lowest BCUT2D eigenvalue weighted by Gasteiger charge is -2.27. The van der Waals surface area contributed by atoms with Gasteiger partial charge in [0.05, 0.1) is 13.2 Å². The number of hydrogen-bond donors (Lipinski definition) is 1.